The molecule has 0 amide bonds. The third kappa shape index (κ3) is 4.63. The lowest BCUT2D eigenvalue weighted by molar-refractivity contribution is -0.135. The molecule has 10 heteroatoms. The molecule has 0 spiro atoms. The first-order valence-electron chi connectivity index (χ1n) is 7.44. The van der Waals surface area contributed by atoms with Crippen LogP contribution in [0.2, 0.25) is 0 Å². The Balaban J connectivity index is 2.26. The van der Waals surface area contributed by atoms with Crippen molar-refractivity contribution in [3.05, 3.63) is 17.5 Å². The van der Waals surface area contributed by atoms with Crippen LogP contribution in [0.25, 0.3) is 0 Å². The molecule has 24 heavy (non-hydrogen) atoms. The number of halogens is 3. The Morgan fingerprint density at radius 2 is 1.96 bits per heavy atom. The van der Waals surface area contributed by atoms with E-state index in [1.807, 2.05) is 0 Å². The molecule has 132 valence electrons. The predicted octanol–water partition coefficient (Wildman–Crippen LogP) is 1.50. The average molecular weight is 346 g/mol. The summed E-state index contributed by atoms with van der Waals surface area (Å²) < 4.78 is 36.7. The first-order chi connectivity index (χ1) is 11.3. The van der Waals surface area contributed by atoms with Gasteiger partial charge in [0.05, 0.1) is 17.4 Å². The van der Waals surface area contributed by atoms with Crippen LogP contribution in [-0.2, 0) is 0 Å². The molecule has 1 aromatic heterocycles. The summed E-state index contributed by atoms with van der Waals surface area (Å²) in [4.78, 5) is 25.4. The Kier molecular flexibility index (Phi) is 5.71. The number of aromatic nitrogens is 2. The van der Waals surface area contributed by atoms with E-state index < -0.39 is 24.3 Å². The number of nitrogens with zero attached hydrogens (tertiary/aromatic N) is 3. The van der Waals surface area contributed by atoms with Gasteiger partial charge >= 0.3 is 12.1 Å². The maximum Gasteiger partial charge on any atom is 0.389 e. The summed E-state index contributed by atoms with van der Waals surface area (Å²) in [5.41, 5.74) is -0.221. The molecule has 0 unspecified atom stereocenters. The van der Waals surface area contributed by atoms with Gasteiger partial charge in [-0.2, -0.15) is 18.3 Å². The van der Waals surface area contributed by atoms with Gasteiger partial charge in [0.15, 0.2) is 11.5 Å². The Morgan fingerprint density at radius 3 is 2.54 bits per heavy atom. The van der Waals surface area contributed by atoms with Gasteiger partial charge in [-0.25, -0.2) is 4.79 Å². The highest BCUT2D eigenvalue weighted by atomic mass is 19.4. The highest BCUT2D eigenvalue weighted by molar-refractivity contribution is 6.05. The van der Waals surface area contributed by atoms with Crippen LogP contribution in [0.15, 0.2) is 6.20 Å². The minimum Gasteiger partial charge on any atom is -0.476 e. The molecule has 1 aromatic rings. The maximum absolute atomic E-state index is 12.3. The van der Waals surface area contributed by atoms with Crippen molar-refractivity contribution in [3.8, 4) is 0 Å². The maximum atomic E-state index is 12.3. The van der Waals surface area contributed by atoms with Crippen molar-refractivity contribution in [2.24, 2.45) is 0 Å². The minimum absolute atomic E-state index is 0.00599. The Hall–Kier alpha value is -2.23. The predicted molar refractivity (Wildman–Crippen MR) is 78.3 cm³/mol. The molecule has 2 rings (SSSR count). The van der Waals surface area contributed by atoms with Crippen LogP contribution in [0.3, 0.4) is 0 Å². The number of carboxylic acids is 1. The lowest BCUT2D eigenvalue weighted by Crippen LogP contribution is -2.44. The number of aromatic carboxylic acids is 1. The number of piperazine rings is 1. The fourth-order valence-electron chi connectivity index (χ4n) is 2.52. The number of alkyl halides is 3. The van der Waals surface area contributed by atoms with E-state index >= 15 is 0 Å². The highest BCUT2D eigenvalue weighted by Crippen LogP contribution is 2.27. The van der Waals surface area contributed by atoms with Crippen molar-refractivity contribution >= 4 is 17.4 Å². The van der Waals surface area contributed by atoms with E-state index in [-0.39, 0.29) is 29.8 Å². The van der Waals surface area contributed by atoms with Crippen LogP contribution in [-0.4, -0.2) is 59.4 Å². The SMILES string of the molecule is O=C(CCCC(F)(F)F)c1cnnc(C(=O)O)c1N1CCNCC1. The van der Waals surface area contributed by atoms with Crippen molar-refractivity contribution in [1.82, 2.24) is 15.5 Å². The van der Waals surface area contributed by atoms with E-state index in [2.05, 4.69) is 15.5 Å². The monoisotopic (exact) mass is 346 g/mol. The summed E-state index contributed by atoms with van der Waals surface area (Å²) >= 11 is 0. The molecule has 0 radical (unpaired) electrons. The topological polar surface area (TPSA) is 95.4 Å². The van der Waals surface area contributed by atoms with Gasteiger partial charge < -0.3 is 15.3 Å². The number of carbonyl (C=O) groups is 2. The molecule has 1 aliphatic rings. The van der Waals surface area contributed by atoms with Crippen LogP contribution in [0, 0.1) is 0 Å². The first kappa shape index (κ1) is 18.1. The molecule has 0 aromatic carbocycles. The smallest absolute Gasteiger partial charge is 0.389 e. The molecular formula is C14H17F3N4O3. The Bertz CT molecular complexity index is 616. The summed E-state index contributed by atoms with van der Waals surface area (Å²) in [5.74, 6) is -1.90. The van der Waals surface area contributed by atoms with Gasteiger partial charge in [0.1, 0.15) is 0 Å². The van der Waals surface area contributed by atoms with Gasteiger partial charge in [-0.15, -0.1) is 5.10 Å². The summed E-state index contributed by atoms with van der Waals surface area (Å²) in [6, 6.07) is 0. The fraction of sp³-hybridized carbons (Fsp3) is 0.571. The van der Waals surface area contributed by atoms with Crippen molar-refractivity contribution < 1.29 is 27.9 Å². The zero-order valence-electron chi connectivity index (χ0n) is 12.8. The molecule has 7 nitrogen and oxygen atoms in total. The van der Waals surface area contributed by atoms with Crippen molar-refractivity contribution in [1.29, 1.82) is 0 Å². The molecule has 1 fully saturated rings. The number of carbonyl (C=O) groups excluding carboxylic acids is 1. The number of nitrogens with one attached hydrogen (secondary N) is 1. The lowest BCUT2D eigenvalue weighted by atomic mass is 10.0. The van der Waals surface area contributed by atoms with Gasteiger partial charge in [0, 0.05) is 39.0 Å². The van der Waals surface area contributed by atoms with Crippen LogP contribution in [0.5, 0.6) is 0 Å². The third-order valence-electron chi connectivity index (χ3n) is 3.62. The standard InChI is InChI=1S/C14H17F3N4O3/c15-14(16,17)3-1-2-10(22)9-8-19-20-11(13(23)24)12(9)21-6-4-18-5-7-21/h8,18H,1-7H2,(H,23,24). The zero-order chi connectivity index (χ0) is 17.7. The molecule has 2 N–H and O–H groups in total. The van der Waals surface area contributed by atoms with Crippen molar-refractivity contribution in [2.75, 3.05) is 31.1 Å². The molecule has 1 aliphatic heterocycles. The van der Waals surface area contributed by atoms with Gasteiger partial charge in [0.2, 0.25) is 0 Å². The largest absolute Gasteiger partial charge is 0.476 e. The van der Waals surface area contributed by atoms with Crippen LogP contribution in [0.1, 0.15) is 40.1 Å². The molecule has 0 saturated carbocycles. The van der Waals surface area contributed by atoms with E-state index in [1.54, 1.807) is 4.90 Å². The minimum atomic E-state index is -4.33. The molecule has 0 atom stereocenters. The normalized spacial score (nSPS) is 15.4. The van der Waals surface area contributed by atoms with Crippen LogP contribution < -0.4 is 10.2 Å². The van der Waals surface area contributed by atoms with Crippen LogP contribution in [0.4, 0.5) is 18.9 Å². The van der Waals surface area contributed by atoms with Gasteiger partial charge in [-0.3, -0.25) is 4.79 Å². The Morgan fingerprint density at radius 1 is 1.29 bits per heavy atom. The summed E-state index contributed by atoms with van der Waals surface area (Å²) in [5, 5.41) is 19.5. The number of ketones is 1. The van der Waals surface area contributed by atoms with Crippen molar-refractivity contribution in [2.45, 2.75) is 25.4 Å². The summed E-state index contributed by atoms with van der Waals surface area (Å²) in [7, 11) is 0. The number of hydrogen-bond acceptors (Lipinski definition) is 6. The van der Waals surface area contributed by atoms with Gasteiger partial charge in [-0.1, -0.05) is 0 Å². The number of hydrogen-bond donors (Lipinski definition) is 2. The average Bonchev–Trinajstić information content (AvgIpc) is 2.53. The number of rotatable bonds is 6. The number of Topliss-reactive ketones (excluding diaryl/α,β-unsaturated/α-hetero) is 1. The van der Waals surface area contributed by atoms with Crippen LogP contribution >= 0.6 is 0 Å². The third-order valence-corrected chi connectivity index (χ3v) is 3.62. The number of anilines is 1. The first-order valence-corrected chi connectivity index (χ1v) is 7.44. The molecule has 0 aliphatic carbocycles. The molecule has 0 bridgehead atoms. The van der Waals surface area contributed by atoms with Crippen molar-refractivity contribution in [3.63, 3.8) is 0 Å². The molecular weight excluding hydrogens is 329 g/mol. The molecule has 2 heterocycles. The highest BCUT2D eigenvalue weighted by Gasteiger charge is 2.29. The second-order valence-corrected chi connectivity index (χ2v) is 5.39. The lowest BCUT2D eigenvalue weighted by Gasteiger charge is -2.31. The fourth-order valence-corrected chi connectivity index (χ4v) is 2.52. The zero-order valence-corrected chi connectivity index (χ0v) is 12.8. The Labute approximate surface area is 135 Å². The van der Waals surface area contributed by atoms with E-state index in [0.29, 0.717) is 26.2 Å². The van der Waals surface area contributed by atoms with E-state index in [1.165, 1.54) is 0 Å². The number of carboxylic acid groups (broad SMARTS) is 1. The van der Waals surface area contributed by atoms with E-state index in [0.717, 1.165) is 6.20 Å². The van der Waals surface area contributed by atoms with Gasteiger partial charge in [-0.05, 0) is 6.42 Å². The summed E-state index contributed by atoms with van der Waals surface area (Å²) in [6.07, 6.45) is -4.95. The second-order valence-electron chi connectivity index (χ2n) is 5.39. The second kappa shape index (κ2) is 7.56. The quantitative estimate of drug-likeness (QED) is 0.754. The molecule has 1 saturated heterocycles. The summed E-state index contributed by atoms with van der Waals surface area (Å²) in [6.45, 7) is 2.13. The van der Waals surface area contributed by atoms with Gasteiger partial charge in [0.25, 0.3) is 0 Å². The van der Waals surface area contributed by atoms with E-state index in [4.69, 9.17) is 0 Å². The van der Waals surface area contributed by atoms with E-state index in [9.17, 15) is 27.9 Å².